The Bertz CT molecular complexity index is 1130. The molecule has 10 nitrogen and oxygen atoms in total. The fourth-order valence-electron chi connectivity index (χ4n) is 7.51. The lowest BCUT2D eigenvalue weighted by molar-refractivity contribution is -0.146. The van der Waals surface area contributed by atoms with Crippen molar-refractivity contribution in [2.24, 2.45) is 35.5 Å². The fourth-order valence-corrected chi connectivity index (χ4v) is 7.51. The van der Waals surface area contributed by atoms with Crippen molar-refractivity contribution in [3.63, 3.8) is 0 Å². The minimum absolute atomic E-state index is 0.0235. The van der Waals surface area contributed by atoms with Crippen LogP contribution in [0.4, 0.5) is 0 Å². The molecule has 2 fully saturated rings. The molecule has 49 heavy (non-hydrogen) atoms. The quantitative estimate of drug-likeness (QED) is 0.187. The Morgan fingerprint density at radius 1 is 0.776 bits per heavy atom. The van der Waals surface area contributed by atoms with Crippen LogP contribution in [0, 0.1) is 35.5 Å². The number of ketones is 2. The Kier molecular flexibility index (Phi) is 17.4. The van der Waals surface area contributed by atoms with Gasteiger partial charge in [0.05, 0.1) is 12.1 Å². The van der Waals surface area contributed by atoms with Gasteiger partial charge < -0.3 is 20.0 Å². The first-order chi connectivity index (χ1) is 23.0. The molecule has 0 aromatic carbocycles. The van der Waals surface area contributed by atoms with Crippen LogP contribution in [0.5, 0.6) is 0 Å². The summed E-state index contributed by atoms with van der Waals surface area (Å²) >= 11 is 0. The number of hydrogen-bond donors (Lipinski definition) is 1. The number of carbonyl (C=O) groups is 6. The molecule has 7 atom stereocenters. The summed E-state index contributed by atoms with van der Waals surface area (Å²) in [5, 5.41) is 3.08. The summed E-state index contributed by atoms with van der Waals surface area (Å²) < 4.78 is 0. The summed E-state index contributed by atoms with van der Waals surface area (Å²) in [5.41, 5.74) is 0. The van der Waals surface area contributed by atoms with Gasteiger partial charge in [0, 0.05) is 58.3 Å². The number of piperidine rings is 1. The lowest BCUT2D eigenvalue weighted by atomic mass is 9.83. The summed E-state index contributed by atoms with van der Waals surface area (Å²) in [6, 6.07) is -1.91. The number of likely N-dealkylation sites (N-methyl/N-ethyl adjacent to an activating group) is 1. The van der Waals surface area contributed by atoms with Crippen LogP contribution in [0.25, 0.3) is 0 Å². The zero-order valence-electron chi connectivity index (χ0n) is 32.4. The molecule has 280 valence electrons. The first-order valence-corrected chi connectivity index (χ1v) is 19.2. The Morgan fingerprint density at radius 3 is 1.90 bits per heavy atom. The largest absolute Gasteiger partial charge is 0.344 e. The zero-order chi connectivity index (χ0) is 37.0. The summed E-state index contributed by atoms with van der Waals surface area (Å²) in [6.45, 7) is 19.4. The molecule has 2 aliphatic heterocycles. The van der Waals surface area contributed by atoms with Gasteiger partial charge in [-0.2, -0.15) is 0 Å². The van der Waals surface area contributed by atoms with Crippen molar-refractivity contribution in [1.82, 2.24) is 20.0 Å². The van der Waals surface area contributed by atoms with Gasteiger partial charge in [-0.1, -0.05) is 68.2 Å². The van der Waals surface area contributed by atoms with Crippen LogP contribution < -0.4 is 5.32 Å². The SMILES string of the molecule is CC[C@H](C)[C@H](CC(=O)[C@@H]1CCCN1C(C)=O)C(=O)N(C)[C@@H](CC(C)C)C(=O)C[C@@H](CC(C)C)C(=O)N[C@H](C(=O)N1CCCCC1)[C@@H](C)CC. The topological polar surface area (TPSA) is 124 Å². The highest BCUT2D eigenvalue weighted by molar-refractivity contribution is 5.96. The van der Waals surface area contributed by atoms with Gasteiger partial charge in [0.1, 0.15) is 6.04 Å². The number of rotatable bonds is 19. The number of nitrogens with one attached hydrogen (secondary N) is 1. The van der Waals surface area contributed by atoms with E-state index in [1.807, 2.05) is 60.3 Å². The third-order valence-corrected chi connectivity index (χ3v) is 11.0. The molecule has 0 unspecified atom stereocenters. The summed E-state index contributed by atoms with van der Waals surface area (Å²) in [5.74, 6) is -2.17. The molecule has 10 heteroatoms. The Morgan fingerprint density at radius 2 is 1.37 bits per heavy atom. The van der Waals surface area contributed by atoms with E-state index in [1.54, 1.807) is 11.9 Å². The molecular weight excluding hydrogens is 620 g/mol. The summed E-state index contributed by atoms with van der Waals surface area (Å²) in [7, 11) is 1.65. The average molecular weight is 689 g/mol. The van der Waals surface area contributed by atoms with Gasteiger partial charge in [-0.3, -0.25) is 28.8 Å². The maximum atomic E-state index is 14.2. The average Bonchev–Trinajstić information content (AvgIpc) is 3.57. The molecule has 2 rings (SSSR count). The predicted octanol–water partition coefficient (Wildman–Crippen LogP) is 5.66. The summed E-state index contributed by atoms with van der Waals surface area (Å²) in [4.78, 5) is 86.7. The highest BCUT2D eigenvalue weighted by Crippen LogP contribution is 2.29. The predicted molar refractivity (Wildman–Crippen MR) is 193 cm³/mol. The van der Waals surface area contributed by atoms with Crippen molar-refractivity contribution in [3.05, 3.63) is 0 Å². The minimum Gasteiger partial charge on any atom is -0.344 e. The maximum absolute atomic E-state index is 14.2. The van der Waals surface area contributed by atoms with E-state index in [1.165, 1.54) is 11.8 Å². The van der Waals surface area contributed by atoms with E-state index in [0.29, 0.717) is 45.3 Å². The minimum atomic E-state index is -0.753. The Labute approximate surface area is 296 Å². The highest BCUT2D eigenvalue weighted by atomic mass is 16.2. The molecule has 0 saturated carbocycles. The molecule has 1 N–H and O–H groups in total. The first-order valence-electron chi connectivity index (χ1n) is 19.2. The molecule has 4 amide bonds. The van der Waals surface area contributed by atoms with Crippen molar-refractivity contribution < 1.29 is 28.8 Å². The van der Waals surface area contributed by atoms with Crippen LogP contribution in [0.3, 0.4) is 0 Å². The van der Waals surface area contributed by atoms with Crippen molar-refractivity contribution in [2.75, 3.05) is 26.7 Å². The van der Waals surface area contributed by atoms with E-state index in [0.717, 1.165) is 32.1 Å². The van der Waals surface area contributed by atoms with Crippen molar-refractivity contribution in [2.45, 2.75) is 151 Å². The lowest BCUT2D eigenvalue weighted by Gasteiger charge is -2.35. The summed E-state index contributed by atoms with van der Waals surface area (Å²) in [6.07, 6.45) is 6.71. The van der Waals surface area contributed by atoms with Gasteiger partial charge in [-0.25, -0.2) is 0 Å². The molecule has 2 saturated heterocycles. The number of carbonyl (C=O) groups excluding carboxylic acids is 6. The van der Waals surface area contributed by atoms with E-state index in [-0.39, 0.29) is 71.7 Å². The second-order valence-electron chi connectivity index (χ2n) is 15.9. The van der Waals surface area contributed by atoms with Gasteiger partial charge in [-0.15, -0.1) is 0 Å². The molecule has 2 heterocycles. The Hall–Kier alpha value is -2.78. The van der Waals surface area contributed by atoms with E-state index in [9.17, 15) is 28.8 Å². The number of amides is 4. The molecule has 0 aromatic heterocycles. The second kappa shape index (κ2) is 20.2. The molecule has 0 aromatic rings. The number of nitrogens with zero attached hydrogens (tertiary/aromatic N) is 3. The maximum Gasteiger partial charge on any atom is 0.245 e. The van der Waals surface area contributed by atoms with Crippen molar-refractivity contribution in [1.29, 1.82) is 0 Å². The monoisotopic (exact) mass is 689 g/mol. The molecule has 0 aliphatic carbocycles. The first kappa shape index (κ1) is 42.4. The number of likely N-dealkylation sites (tertiary alicyclic amines) is 2. The van der Waals surface area contributed by atoms with Gasteiger partial charge in [0.25, 0.3) is 0 Å². The van der Waals surface area contributed by atoms with E-state index in [4.69, 9.17) is 0 Å². The van der Waals surface area contributed by atoms with Crippen molar-refractivity contribution >= 4 is 35.2 Å². The number of Topliss-reactive ketones (excluding diaryl/α,β-unsaturated/α-hetero) is 2. The van der Waals surface area contributed by atoms with Crippen LogP contribution in [0.1, 0.15) is 133 Å². The molecular formula is C39H68N4O6. The normalized spacial score (nSPS) is 20.4. The molecule has 0 bridgehead atoms. The van der Waals surface area contributed by atoms with Crippen molar-refractivity contribution in [3.8, 4) is 0 Å². The van der Waals surface area contributed by atoms with Crippen LogP contribution in [-0.2, 0) is 28.8 Å². The smallest absolute Gasteiger partial charge is 0.245 e. The van der Waals surface area contributed by atoms with Crippen LogP contribution in [-0.4, -0.2) is 94.7 Å². The fraction of sp³-hybridized carbons (Fsp3) is 0.846. The van der Waals surface area contributed by atoms with Crippen LogP contribution >= 0.6 is 0 Å². The zero-order valence-corrected chi connectivity index (χ0v) is 32.4. The standard InChI is InChI=1S/C39H68N4O6/c1-11-27(7)31(24-35(46)32-17-16-20-43(32)29(9)44)38(48)41(10)33(22-26(5)6)34(45)23-30(21-25(3)4)37(47)40-36(28(8)12-2)39(49)42-18-14-13-15-19-42/h25-28,30-33,36H,11-24H2,1-10H3,(H,40,47)/t27-,28-,30+,31-,32-,33-,36-/m0/s1. The van der Waals surface area contributed by atoms with Gasteiger partial charge >= 0.3 is 0 Å². The van der Waals surface area contributed by atoms with Crippen LogP contribution in [0.2, 0.25) is 0 Å². The lowest BCUT2D eigenvalue weighted by Crippen LogP contribution is -2.54. The third kappa shape index (κ3) is 12.2. The van der Waals surface area contributed by atoms with E-state index in [2.05, 4.69) is 5.32 Å². The number of hydrogen-bond acceptors (Lipinski definition) is 6. The highest BCUT2D eigenvalue weighted by Gasteiger charge is 2.40. The van der Waals surface area contributed by atoms with E-state index < -0.39 is 30.0 Å². The molecule has 0 radical (unpaired) electrons. The second-order valence-corrected chi connectivity index (χ2v) is 15.9. The Balaban J connectivity index is 2.31. The molecule has 0 spiro atoms. The van der Waals surface area contributed by atoms with Crippen LogP contribution in [0.15, 0.2) is 0 Å². The van der Waals surface area contributed by atoms with Gasteiger partial charge in [-0.05, 0) is 68.6 Å². The van der Waals surface area contributed by atoms with Gasteiger partial charge in [0.2, 0.25) is 23.6 Å². The third-order valence-electron chi connectivity index (χ3n) is 11.0. The van der Waals surface area contributed by atoms with E-state index >= 15 is 0 Å². The molecule has 2 aliphatic rings. The van der Waals surface area contributed by atoms with Gasteiger partial charge in [0.15, 0.2) is 11.6 Å².